The number of benzene rings is 1. The third-order valence-corrected chi connectivity index (χ3v) is 4.31. The Balaban J connectivity index is 1.95. The molecule has 2 unspecified atom stereocenters. The second-order valence-electron chi connectivity index (χ2n) is 6.27. The monoisotopic (exact) mass is 294 g/mol. The van der Waals surface area contributed by atoms with Crippen LogP contribution in [0.2, 0.25) is 0 Å². The van der Waals surface area contributed by atoms with E-state index in [-0.39, 0.29) is 18.4 Å². The summed E-state index contributed by atoms with van der Waals surface area (Å²) < 4.78 is 28.1. The van der Waals surface area contributed by atoms with Crippen LogP contribution < -0.4 is 0 Å². The topological polar surface area (TPSA) is 39.3 Å². The zero-order valence-electron chi connectivity index (χ0n) is 12.3. The van der Waals surface area contributed by atoms with E-state index in [9.17, 15) is 8.78 Å². The van der Waals surface area contributed by atoms with E-state index in [1.807, 2.05) is 17.9 Å². The summed E-state index contributed by atoms with van der Waals surface area (Å²) in [4.78, 5) is 5.24. The van der Waals surface area contributed by atoms with E-state index in [0.717, 1.165) is 16.8 Å². The summed E-state index contributed by atoms with van der Waals surface area (Å²) in [6.45, 7) is 3.63. The zero-order chi connectivity index (χ0) is 15.2. The molecule has 1 aliphatic heterocycles. The number of H-pyrrole nitrogens is 1. The predicted molar refractivity (Wildman–Crippen MR) is 78.4 cm³/mol. The van der Waals surface area contributed by atoms with E-state index < -0.39 is 12.3 Å². The van der Waals surface area contributed by atoms with Crippen LogP contribution in [0.25, 0.3) is 10.9 Å². The predicted octanol–water partition coefficient (Wildman–Crippen LogP) is 2.77. The van der Waals surface area contributed by atoms with Gasteiger partial charge in [-0.2, -0.15) is 0 Å². The van der Waals surface area contributed by atoms with Gasteiger partial charge in [0.15, 0.2) is 0 Å². The van der Waals surface area contributed by atoms with Crippen molar-refractivity contribution in [2.45, 2.75) is 38.5 Å². The summed E-state index contributed by atoms with van der Waals surface area (Å²) in [5.41, 5.74) is 1.11. The lowest BCUT2D eigenvalue weighted by molar-refractivity contribution is 0.0277. The van der Waals surface area contributed by atoms with E-state index in [0.29, 0.717) is 18.4 Å². The lowest BCUT2D eigenvalue weighted by Crippen LogP contribution is -2.46. The first-order chi connectivity index (χ1) is 9.91. The lowest BCUT2D eigenvalue weighted by atomic mass is 9.96. The molecule has 21 heavy (non-hydrogen) atoms. The van der Waals surface area contributed by atoms with Crippen LogP contribution in [-0.2, 0) is 13.0 Å². The van der Waals surface area contributed by atoms with E-state index in [1.54, 1.807) is 6.07 Å². The molecule has 1 aromatic carbocycles. The molecular weight excluding hydrogens is 274 g/mol. The van der Waals surface area contributed by atoms with Gasteiger partial charge in [-0.1, -0.05) is 6.07 Å². The van der Waals surface area contributed by atoms with Gasteiger partial charge in [0, 0.05) is 35.7 Å². The minimum Gasteiger partial charge on any atom is -0.393 e. The van der Waals surface area contributed by atoms with Crippen LogP contribution in [0.3, 0.4) is 0 Å². The van der Waals surface area contributed by atoms with Crippen molar-refractivity contribution in [3.8, 4) is 0 Å². The summed E-state index contributed by atoms with van der Waals surface area (Å²) in [5, 5.41) is 9.75. The first kappa shape index (κ1) is 14.5. The van der Waals surface area contributed by atoms with Crippen molar-refractivity contribution in [1.29, 1.82) is 0 Å². The molecule has 2 heterocycles. The molecule has 0 radical (unpaired) electrons. The quantitative estimate of drug-likeness (QED) is 0.913. The van der Waals surface area contributed by atoms with E-state index in [1.165, 1.54) is 13.0 Å². The van der Waals surface area contributed by atoms with Gasteiger partial charge in [0.2, 0.25) is 0 Å². The van der Waals surface area contributed by atoms with Crippen LogP contribution in [-0.4, -0.2) is 39.9 Å². The highest BCUT2D eigenvalue weighted by molar-refractivity contribution is 5.85. The van der Waals surface area contributed by atoms with Crippen molar-refractivity contribution in [2.75, 3.05) is 13.2 Å². The number of aromatic nitrogens is 1. The number of halogens is 2. The van der Waals surface area contributed by atoms with E-state index in [4.69, 9.17) is 5.11 Å². The number of nitrogens with one attached hydrogen (secondary N) is 1. The molecule has 1 aromatic heterocycles. The fourth-order valence-electron chi connectivity index (χ4n) is 3.15. The van der Waals surface area contributed by atoms with Gasteiger partial charge in [0.25, 0.3) is 0 Å². The molecule has 0 saturated carbocycles. The molecular formula is C16H20F2N2O. The fraction of sp³-hybridized carbons (Fsp3) is 0.500. The summed E-state index contributed by atoms with van der Waals surface area (Å²) in [7, 11) is 0. The molecule has 2 atom stereocenters. The number of aliphatic hydroxyl groups is 1. The molecule has 0 aliphatic carbocycles. The number of rotatable bonds is 3. The first-order valence-electron chi connectivity index (χ1n) is 7.23. The molecule has 0 amide bonds. The Bertz CT molecular complexity index is 666. The largest absolute Gasteiger partial charge is 0.393 e. The van der Waals surface area contributed by atoms with Crippen LogP contribution in [0.5, 0.6) is 0 Å². The van der Waals surface area contributed by atoms with Gasteiger partial charge >= 0.3 is 0 Å². The second-order valence-corrected chi connectivity index (χ2v) is 6.27. The van der Waals surface area contributed by atoms with Crippen molar-refractivity contribution in [2.24, 2.45) is 0 Å². The lowest BCUT2D eigenvalue weighted by Gasteiger charge is -2.36. The molecule has 3 rings (SSSR count). The molecule has 5 heteroatoms. The van der Waals surface area contributed by atoms with Crippen molar-refractivity contribution in [3.05, 3.63) is 35.3 Å². The zero-order valence-corrected chi connectivity index (χ0v) is 12.3. The molecule has 114 valence electrons. The van der Waals surface area contributed by atoms with Crippen LogP contribution >= 0.6 is 0 Å². The van der Waals surface area contributed by atoms with Crippen LogP contribution in [0.4, 0.5) is 8.78 Å². The SMILES string of the molecule is CC1Cc2c([nH]c3cccc(F)c23)CN1CC(C)(F)CO. The van der Waals surface area contributed by atoms with Crippen LogP contribution in [0, 0.1) is 5.82 Å². The Kier molecular flexibility index (Phi) is 3.50. The van der Waals surface area contributed by atoms with Gasteiger partial charge < -0.3 is 10.1 Å². The Hall–Kier alpha value is -1.46. The molecule has 2 aromatic rings. The number of aromatic amines is 1. The minimum absolute atomic E-state index is 0.109. The summed E-state index contributed by atoms with van der Waals surface area (Å²) >= 11 is 0. The van der Waals surface area contributed by atoms with Gasteiger partial charge in [-0.05, 0) is 38.0 Å². The van der Waals surface area contributed by atoms with Gasteiger partial charge in [-0.15, -0.1) is 0 Å². The maximum absolute atomic E-state index is 14.1. The summed E-state index contributed by atoms with van der Waals surface area (Å²) in [6.07, 6.45) is 0.678. The molecule has 0 saturated heterocycles. The van der Waals surface area contributed by atoms with Crippen molar-refractivity contribution >= 4 is 10.9 Å². The highest BCUT2D eigenvalue weighted by atomic mass is 19.1. The highest BCUT2D eigenvalue weighted by Crippen LogP contribution is 2.32. The van der Waals surface area contributed by atoms with Gasteiger partial charge in [0.05, 0.1) is 6.61 Å². The van der Waals surface area contributed by atoms with Crippen molar-refractivity contribution in [1.82, 2.24) is 9.88 Å². The summed E-state index contributed by atoms with van der Waals surface area (Å²) in [6, 6.07) is 5.12. The smallest absolute Gasteiger partial charge is 0.143 e. The van der Waals surface area contributed by atoms with Gasteiger partial charge in [-0.25, -0.2) is 8.78 Å². The summed E-state index contributed by atoms with van der Waals surface area (Å²) in [5.74, 6) is -0.212. The normalized spacial score (nSPS) is 22.2. The minimum atomic E-state index is -1.62. The number of nitrogens with zero attached hydrogens (tertiary/aromatic N) is 1. The van der Waals surface area contributed by atoms with Crippen molar-refractivity contribution < 1.29 is 13.9 Å². The number of aliphatic hydroxyl groups excluding tert-OH is 1. The van der Waals surface area contributed by atoms with Crippen LogP contribution in [0.1, 0.15) is 25.1 Å². The second kappa shape index (κ2) is 5.07. The number of hydrogen-bond donors (Lipinski definition) is 2. The maximum atomic E-state index is 14.1. The molecule has 3 nitrogen and oxygen atoms in total. The molecule has 1 aliphatic rings. The van der Waals surface area contributed by atoms with E-state index in [2.05, 4.69) is 4.98 Å². The Labute approximate surface area is 122 Å². The molecule has 0 bridgehead atoms. The average molecular weight is 294 g/mol. The maximum Gasteiger partial charge on any atom is 0.143 e. The highest BCUT2D eigenvalue weighted by Gasteiger charge is 2.32. The number of alkyl halides is 1. The Morgan fingerprint density at radius 3 is 2.95 bits per heavy atom. The Morgan fingerprint density at radius 1 is 1.48 bits per heavy atom. The number of hydrogen-bond acceptors (Lipinski definition) is 2. The molecule has 0 fully saturated rings. The van der Waals surface area contributed by atoms with Gasteiger partial charge in [0.1, 0.15) is 11.5 Å². The van der Waals surface area contributed by atoms with Crippen LogP contribution in [0.15, 0.2) is 18.2 Å². The molecule has 2 N–H and O–H groups in total. The first-order valence-corrected chi connectivity index (χ1v) is 7.23. The molecule has 0 spiro atoms. The van der Waals surface area contributed by atoms with Gasteiger partial charge in [-0.3, -0.25) is 4.90 Å². The average Bonchev–Trinajstić information content (AvgIpc) is 2.77. The standard InChI is InChI=1S/C16H20F2N2O/c1-10-6-11-14(7-20(10)8-16(2,18)9-21)19-13-5-3-4-12(17)15(11)13/h3-5,10,19,21H,6-9H2,1-2H3. The number of fused-ring (bicyclic) bond motifs is 3. The third kappa shape index (κ3) is 2.56. The van der Waals surface area contributed by atoms with Crippen molar-refractivity contribution in [3.63, 3.8) is 0 Å². The third-order valence-electron chi connectivity index (χ3n) is 4.31. The Morgan fingerprint density at radius 2 is 2.24 bits per heavy atom. The van der Waals surface area contributed by atoms with E-state index >= 15 is 0 Å². The fourth-order valence-corrected chi connectivity index (χ4v) is 3.15.